The van der Waals surface area contributed by atoms with E-state index >= 15 is 0 Å². The molecule has 1 aliphatic carbocycles. The number of allylic oxidation sites excluding steroid dienone is 5. The molecule has 0 saturated carbocycles. The van der Waals surface area contributed by atoms with Crippen LogP contribution in [0.25, 0.3) is 11.1 Å². The zero-order chi connectivity index (χ0) is 27.2. The van der Waals surface area contributed by atoms with E-state index in [9.17, 15) is 9.59 Å². The Morgan fingerprint density at radius 1 is 0.590 bits per heavy atom. The van der Waals surface area contributed by atoms with Gasteiger partial charge < -0.3 is 9.47 Å². The second kappa shape index (κ2) is 11.6. The molecule has 0 saturated heterocycles. The molecule has 0 aromatic heterocycles. The summed E-state index contributed by atoms with van der Waals surface area (Å²) in [5.41, 5.74) is 5.74. The first-order valence-corrected chi connectivity index (χ1v) is 12.8. The smallest absolute Gasteiger partial charge is 0.193 e. The van der Waals surface area contributed by atoms with E-state index in [1.165, 1.54) is 0 Å². The Balaban J connectivity index is 1.21. The fourth-order valence-corrected chi connectivity index (χ4v) is 4.31. The van der Waals surface area contributed by atoms with Crippen molar-refractivity contribution in [2.75, 3.05) is 7.11 Å². The largest absolute Gasteiger partial charge is 0.497 e. The number of ether oxygens (including phenoxy) is 2. The molecule has 192 valence electrons. The molecule has 0 spiro atoms. The number of methoxy groups -OCH3 is 1. The predicted molar refractivity (Wildman–Crippen MR) is 154 cm³/mol. The Kier molecular flexibility index (Phi) is 7.65. The first-order valence-electron chi connectivity index (χ1n) is 12.8. The van der Waals surface area contributed by atoms with Gasteiger partial charge in [0.25, 0.3) is 0 Å². The molecule has 1 aliphatic rings. The summed E-state index contributed by atoms with van der Waals surface area (Å²) in [7, 11) is 1.61. The summed E-state index contributed by atoms with van der Waals surface area (Å²) in [5, 5.41) is 0. The minimum Gasteiger partial charge on any atom is -0.497 e. The van der Waals surface area contributed by atoms with E-state index in [4.69, 9.17) is 9.47 Å². The number of aryl methyl sites for hydroxylation is 1. The maximum absolute atomic E-state index is 12.9. The Morgan fingerprint density at radius 2 is 1.08 bits per heavy atom. The number of Topliss-reactive ketones (excluding diaryl/α,β-unsaturated/α-hetero) is 1. The van der Waals surface area contributed by atoms with E-state index < -0.39 is 0 Å². The number of hydrogen-bond acceptors (Lipinski definition) is 4. The van der Waals surface area contributed by atoms with Crippen molar-refractivity contribution in [2.24, 2.45) is 0 Å². The van der Waals surface area contributed by atoms with Gasteiger partial charge in [0.15, 0.2) is 11.6 Å². The molecule has 0 fully saturated rings. The van der Waals surface area contributed by atoms with Gasteiger partial charge in [0.1, 0.15) is 17.3 Å². The van der Waals surface area contributed by atoms with Crippen molar-refractivity contribution in [3.8, 4) is 22.6 Å². The van der Waals surface area contributed by atoms with Gasteiger partial charge in [-0.15, -0.1) is 0 Å². The number of hydrogen-bond donors (Lipinski definition) is 0. The van der Waals surface area contributed by atoms with Gasteiger partial charge in [0, 0.05) is 22.3 Å². The molecule has 0 aliphatic heterocycles. The summed E-state index contributed by atoms with van der Waals surface area (Å²) in [6.45, 7) is 2.00. The number of ketones is 2. The van der Waals surface area contributed by atoms with E-state index in [1.807, 2.05) is 91.9 Å². The third kappa shape index (κ3) is 6.13. The van der Waals surface area contributed by atoms with Gasteiger partial charge in [-0.3, -0.25) is 9.59 Å². The standard InChI is InChI=1S/C35H28O4/c1-24-6-8-28(9-7-24)35(37)29-12-10-25(11-13-29)26-14-20-32(21-15-26)39-33-22-17-30(18-23-33)34(36)27-4-3-5-31(38-2)19-16-27/h4-23H,3H2,1-2H3. The number of carbonyl (C=O) groups excluding carboxylic acids is 2. The van der Waals surface area contributed by atoms with Crippen molar-refractivity contribution in [1.29, 1.82) is 0 Å². The van der Waals surface area contributed by atoms with Crippen LogP contribution in [-0.2, 0) is 4.74 Å². The first kappa shape index (κ1) is 25.7. The fraction of sp³-hybridized carbons (Fsp3) is 0.0857. The van der Waals surface area contributed by atoms with Crippen LogP contribution in [0.3, 0.4) is 0 Å². The van der Waals surface area contributed by atoms with Crippen molar-refractivity contribution < 1.29 is 19.1 Å². The molecule has 0 heterocycles. The van der Waals surface area contributed by atoms with E-state index in [0.717, 1.165) is 22.4 Å². The van der Waals surface area contributed by atoms with Gasteiger partial charge in [-0.1, -0.05) is 72.3 Å². The highest BCUT2D eigenvalue weighted by atomic mass is 16.5. The van der Waals surface area contributed by atoms with Gasteiger partial charge in [0.2, 0.25) is 0 Å². The van der Waals surface area contributed by atoms with Crippen LogP contribution in [-0.4, -0.2) is 18.7 Å². The minimum atomic E-state index is -0.0421. The average molecular weight is 513 g/mol. The molecule has 4 heteroatoms. The normalized spacial score (nSPS) is 12.7. The van der Waals surface area contributed by atoms with Crippen molar-refractivity contribution in [3.05, 3.63) is 155 Å². The lowest BCUT2D eigenvalue weighted by atomic mass is 9.99. The van der Waals surface area contributed by atoms with Gasteiger partial charge in [0.05, 0.1) is 7.11 Å². The molecule has 39 heavy (non-hydrogen) atoms. The van der Waals surface area contributed by atoms with Crippen LogP contribution in [0.15, 0.2) is 133 Å². The van der Waals surface area contributed by atoms with Gasteiger partial charge in [-0.2, -0.15) is 0 Å². The molecule has 0 unspecified atom stereocenters. The summed E-state index contributed by atoms with van der Waals surface area (Å²) >= 11 is 0. The number of benzene rings is 4. The lowest BCUT2D eigenvalue weighted by molar-refractivity contribution is 0.103. The highest BCUT2D eigenvalue weighted by Gasteiger charge is 2.12. The lowest BCUT2D eigenvalue weighted by Gasteiger charge is -2.09. The first-order chi connectivity index (χ1) is 19.0. The monoisotopic (exact) mass is 512 g/mol. The SMILES string of the molecule is COC1=CCC=C(C(=O)c2ccc(Oc3ccc(-c4ccc(C(=O)c5ccc(C)cc5)cc4)cc3)cc2)C=C1. The van der Waals surface area contributed by atoms with E-state index in [-0.39, 0.29) is 11.6 Å². The quantitative estimate of drug-likeness (QED) is 0.223. The van der Waals surface area contributed by atoms with Crippen LogP contribution in [0.2, 0.25) is 0 Å². The minimum absolute atomic E-state index is 0.0117. The van der Waals surface area contributed by atoms with Crippen LogP contribution in [0.1, 0.15) is 38.3 Å². The van der Waals surface area contributed by atoms with E-state index in [1.54, 1.807) is 43.5 Å². The Morgan fingerprint density at radius 3 is 1.67 bits per heavy atom. The summed E-state index contributed by atoms with van der Waals surface area (Å²) in [6, 6.07) is 30.2. The zero-order valence-electron chi connectivity index (χ0n) is 21.9. The molecule has 4 nitrogen and oxygen atoms in total. The molecule has 0 amide bonds. The van der Waals surface area contributed by atoms with Crippen molar-refractivity contribution in [3.63, 3.8) is 0 Å². The van der Waals surface area contributed by atoms with Gasteiger partial charge in [-0.25, -0.2) is 0 Å². The second-order valence-corrected chi connectivity index (χ2v) is 9.29. The molecule has 0 atom stereocenters. The molecular weight excluding hydrogens is 484 g/mol. The maximum Gasteiger partial charge on any atom is 0.193 e. The van der Waals surface area contributed by atoms with Crippen molar-refractivity contribution in [1.82, 2.24) is 0 Å². The molecule has 4 aromatic carbocycles. The van der Waals surface area contributed by atoms with Crippen molar-refractivity contribution >= 4 is 11.6 Å². The van der Waals surface area contributed by atoms with Crippen LogP contribution in [0.4, 0.5) is 0 Å². The molecule has 0 bridgehead atoms. The summed E-state index contributed by atoms with van der Waals surface area (Å²) in [4.78, 5) is 25.6. The summed E-state index contributed by atoms with van der Waals surface area (Å²) < 4.78 is 11.2. The Bertz CT molecular complexity index is 1570. The third-order valence-corrected chi connectivity index (χ3v) is 6.58. The predicted octanol–water partition coefficient (Wildman–Crippen LogP) is 8.28. The van der Waals surface area contributed by atoms with E-state index in [0.29, 0.717) is 40.2 Å². The van der Waals surface area contributed by atoms with E-state index in [2.05, 4.69) is 0 Å². The maximum atomic E-state index is 12.9. The van der Waals surface area contributed by atoms with Crippen LogP contribution < -0.4 is 4.74 Å². The zero-order valence-corrected chi connectivity index (χ0v) is 21.9. The van der Waals surface area contributed by atoms with Crippen LogP contribution in [0.5, 0.6) is 11.5 Å². The Hall–Kier alpha value is -4.96. The highest BCUT2D eigenvalue weighted by Crippen LogP contribution is 2.27. The topological polar surface area (TPSA) is 52.6 Å². The van der Waals surface area contributed by atoms with Gasteiger partial charge >= 0.3 is 0 Å². The molecule has 0 radical (unpaired) electrons. The summed E-state index contributed by atoms with van der Waals surface area (Å²) in [6.07, 6.45) is 8.06. The molecule has 0 N–H and O–H groups in total. The Labute approximate surface area is 228 Å². The van der Waals surface area contributed by atoms with Crippen LogP contribution in [0, 0.1) is 6.92 Å². The summed E-state index contributed by atoms with van der Waals surface area (Å²) in [5.74, 6) is 2.05. The van der Waals surface area contributed by atoms with Crippen LogP contribution >= 0.6 is 0 Å². The van der Waals surface area contributed by atoms with Gasteiger partial charge in [-0.05, 0) is 79.1 Å². The second-order valence-electron chi connectivity index (χ2n) is 9.29. The molecular formula is C35H28O4. The average Bonchev–Trinajstić information content (AvgIpc) is 3.24. The number of carbonyl (C=O) groups is 2. The third-order valence-electron chi connectivity index (χ3n) is 6.58. The molecule has 4 aromatic rings. The molecule has 5 rings (SSSR count). The van der Waals surface area contributed by atoms with Crippen molar-refractivity contribution in [2.45, 2.75) is 13.3 Å². The number of rotatable bonds is 8. The highest BCUT2D eigenvalue weighted by molar-refractivity contribution is 6.10. The lowest BCUT2D eigenvalue weighted by Crippen LogP contribution is -2.01. The fourth-order valence-electron chi connectivity index (χ4n) is 4.31.